The Hall–Kier alpha value is -1.20. The van der Waals surface area contributed by atoms with Gasteiger partial charge in [0.2, 0.25) is 0 Å². The summed E-state index contributed by atoms with van der Waals surface area (Å²) in [7, 11) is 3.40. The van der Waals surface area contributed by atoms with E-state index in [1.54, 1.807) is 7.11 Å². The van der Waals surface area contributed by atoms with E-state index < -0.39 is 11.6 Å². The van der Waals surface area contributed by atoms with Gasteiger partial charge in [-0.2, -0.15) is 0 Å². The highest BCUT2D eigenvalue weighted by Crippen LogP contribution is 2.30. The van der Waals surface area contributed by atoms with Crippen LogP contribution in [0.4, 0.5) is 8.78 Å². The summed E-state index contributed by atoms with van der Waals surface area (Å²) in [6.07, 6.45) is 0.335. The molecule has 5 heteroatoms. The Labute approximate surface area is 98.7 Å². The van der Waals surface area contributed by atoms with Gasteiger partial charge >= 0.3 is 0 Å². The maximum Gasteiger partial charge on any atom is 0.165 e. The van der Waals surface area contributed by atoms with Crippen LogP contribution >= 0.6 is 0 Å². The molecule has 0 spiro atoms. The van der Waals surface area contributed by atoms with Crippen LogP contribution in [-0.4, -0.2) is 32.4 Å². The number of ether oxygens (including phenoxy) is 2. The smallest absolute Gasteiger partial charge is 0.165 e. The molecule has 0 saturated heterocycles. The van der Waals surface area contributed by atoms with Crippen molar-refractivity contribution in [3.8, 4) is 5.75 Å². The van der Waals surface area contributed by atoms with Crippen molar-refractivity contribution in [3.63, 3.8) is 0 Å². The fourth-order valence-electron chi connectivity index (χ4n) is 2.03. The molecule has 1 aliphatic rings. The molecule has 17 heavy (non-hydrogen) atoms. The largest absolute Gasteiger partial charge is 0.484 e. The standard InChI is InChI=1S/C12H15F2NO2/c1-15-9-6-11(12(9)16-2)17-10-5-7(13)3-4-8(10)14/h3-5,9,11-12,15H,6H2,1-2H3. The molecule has 0 bridgehead atoms. The summed E-state index contributed by atoms with van der Waals surface area (Å²) in [6.45, 7) is 0. The second kappa shape index (κ2) is 4.98. The van der Waals surface area contributed by atoms with Crippen molar-refractivity contribution >= 4 is 0 Å². The van der Waals surface area contributed by atoms with Crippen LogP contribution in [0, 0.1) is 11.6 Å². The number of likely N-dealkylation sites (N-methyl/N-ethyl adjacent to an activating group) is 1. The van der Waals surface area contributed by atoms with E-state index in [1.807, 2.05) is 7.05 Å². The normalized spacial score (nSPS) is 27.6. The van der Waals surface area contributed by atoms with E-state index in [0.29, 0.717) is 6.42 Å². The maximum absolute atomic E-state index is 13.4. The van der Waals surface area contributed by atoms with Gasteiger partial charge in [-0.05, 0) is 19.2 Å². The Morgan fingerprint density at radius 3 is 2.76 bits per heavy atom. The van der Waals surface area contributed by atoms with Gasteiger partial charge in [-0.15, -0.1) is 0 Å². The first-order valence-corrected chi connectivity index (χ1v) is 5.47. The van der Waals surface area contributed by atoms with Crippen molar-refractivity contribution in [1.82, 2.24) is 5.32 Å². The number of methoxy groups -OCH3 is 1. The number of rotatable bonds is 4. The molecule has 1 fully saturated rings. The quantitative estimate of drug-likeness (QED) is 0.873. The fourth-order valence-corrected chi connectivity index (χ4v) is 2.03. The molecule has 1 N–H and O–H groups in total. The molecule has 0 heterocycles. The summed E-state index contributed by atoms with van der Waals surface area (Å²) in [6, 6.07) is 3.37. The van der Waals surface area contributed by atoms with Crippen LogP contribution in [-0.2, 0) is 4.74 Å². The van der Waals surface area contributed by atoms with Gasteiger partial charge in [0.25, 0.3) is 0 Å². The van der Waals surface area contributed by atoms with Crippen LogP contribution in [0.5, 0.6) is 5.75 Å². The Bertz CT molecular complexity index is 400. The number of hydrogen-bond acceptors (Lipinski definition) is 3. The van der Waals surface area contributed by atoms with Crippen molar-refractivity contribution in [2.75, 3.05) is 14.2 Å². The molecular weight excluding hydrogens is 228 g/mol. The molecule has 1 aliphatic carbocycles. The van der Waals surface area contributed by atoms with E-state index in [0.717, 1.165) is 18.2 Å². The van der Waals surface area contributed by atoms with Crippen LogP contribution in [0.25, 0.3) is 0 Å². The lowest BCUT2D eigenvalue weighted by Crippen LogP contribution is -2.60. The lowest BCUT2D eigenvalue weighted by Gasteiger charge is -2.42. The van der Waals surface area contributed by atoms with Crippen molar-refractivity contribution < 1.29 is 18.3 Å². The fraction of sp³-hybridized carbons (Fsp3) is 0.500. The van der Waals surface area contributed by atoms with Crippen LogP contribution in [0.15, 0.2) is 18.2 Å². The Kier molecular flexibility index (Phi) is 3.59. The van der Waals surface area contributed by atoms with E-state index in [-0.39, 0.29) is 24.0 Å². The summed E-state index contributed by atoms with van der Waals surface area (Å²) >= 11 is 0. The van der Waals surface area contributed by atoms with Gasteiger partial charge in [-0.25, -0.2) is 8.78 Å². The third kappa shape index (κ3) is 2.40. The molecule has 0 aromatic heterocycles. The number of benzene rings is 1. The average molecular weight is 243 g/mol. The van der Waals surface area contributed by atoms with Crippen LogP contribution in [0.1, 0.15) is 6.42 Å². The minimum atomic E-state index is -0.561. The zero-order valence-electron chi connectivity index (χ0n) is 9.74. The van der Waals surface area contributed by atoms with E-state index in [4.69, 9.17) is 9.47 Å². The van der Waals surface area contributed by atoms with Gasteiger partial charge in [-0.1, -0.05) is 0 Å². The van der Waals surface area contributed by atoms with Crippen molar-refractivity contribution in [1.29, 1.82) is 0 Å². The molecule has 3 atom stereocenters. The molecular formula is C12H15F2NO2. The second-order valence-electron chi connectivity index (χ2n) is 4.06. The lowest BCUT2D eigenvalue weighted by atomic mass is 9.85. The maximum atomic E-state index is 13.4. The van der Waals surface area contributed by atoms with Crippen molar-refractivity contribution in [3.05, 3.63) is 29.8 Å². The van der Waals surface area contributed by atoms with Crippen LogP contribution in [0.3, 0.4) is 0 Å². The van der Waals surface area contributed by atoms with Gasteiger partial charge in [0.15, 0.2) is 11.6 Å². The summed E-state index contributed by atoms with van der Waals surface area (Å²) in [5.41, 5.74) is 0. The lowest BCUT2D eigenvalue weighted by molar-refractivity contribution is -0.0881. The number of halogens is 2. The van der Waals surface area contributed by atoms with E-state index in [2.05, 4.69) is 5.32 Å². The zero-order chi connectivity index (χ0) is 12.4. The Balaban J connectivity index is 2.04. The highest BCUT2D eigenvalue weighted by atomic mass is 19.1. The second-order valence-corrected chi connectivity index (χ2v) is 4.06. The first kappa shape index (κ1) is 12.3. The molecule has 3 nitrogen and oxygen atoms in total. The molecule has 2 rings (SSSR count). The molecule has 1 aromatic carbocycles. The summed E-state index contributed by atoms with van der Waals surface area (Å²) in [5, 5.41) is 3.07. The van der Waals surface area contributed by atoms with Gasteiger partial charge in [-0.3, -0.25) is 0 Å². The van der Waals surface area contributed by atoms with Crippen molar-refractivity contribution in [2.24, 2.45) is 0 Å². The first-order chi connectivity index (χ1) is 8.15. The molecule has 94 valence electrons. The first-order valence-electron chi connectivity index (χ1n) is 5.47. The zero-order valence-corrected chi connectivity index (χ0v) is 9.74. The van der Waals surface area contributed by atoms with E-state index >= 15 is 0 Å². The minimum absolute atomic E-state index is 0.0633. The molecule has 1 saturated carbocycles. The van der Waals surface area contributed by atoms with E-state index in [9.17, 15) is 8.78 Å². The van der Waals surface area contributed by atoms with Gasteiger partial charge in [0.05, 0.1) is 0 Å². The predicted molar refractivity (Wildman–Crippen MR) is 59.0 cm³/mol. The van der Waals surface area contributed by atoms with Crippen LogP contribution in [0.2, 0.25) is 0 Å². The predicted octanol–water partition coefficient (Wildman–Crippen LogP) is 1.72. The molecule has 0 aliphatic heterocycles. The summed E-state index contributed by atoms with van der Waals surface area (Å²) in [4.78, 5) is 0. The molecule has 0 amide bonds. The minimum Gasteiger partial charge on any atom is -0.484 e. The van der Waals surface area contributed by atoms with Gasteiger partial charge in [0, 0.05) is 25.6 Å². The summed E-state index contributed by atoms with van der Waals surface area (Å²) in [5.74, 6) is -1.14. The highest BCUT2D eigenvalue weighted by Gasteiger charge is 2.42. The highest BCUT2D eigenvalue weighted by molar-refractivity contribution is 5.25. The number of hydrogen-bond donors (Lipinski definition) is 1. The van der Waals surface area contributed by atoms with Crippen molar-refractivity contribution in [2.45, 2.75) is 24.7 Å². The topological polar surface area (TPSA) is 30.5 Å². The number of nitrogens with one attached hydrogen (secondary N) is 1. The SMILES string of the molecule is CNC1CC(Oc2cc(F)ccc2F)C1OC. The van der Waals surface area contributed by atoms with Gasteiger partial charge in [0.1, 0.15) is 18.0 Å². The molecule has 1 aromatic rings. The summed E-state index contributed by atoms with van der Waals surface area (Å²) < 4.78 is 37.0. The Morgan fingerprint density at radius 2 is 2.12 bits per heavy atom. The van der Waals surface area contributed by atoms with Crippen LogP contribution < -0.4 is 10.1 Å². The molecule has 0 radical (unpaired) electrons. The van der Waals surface area contributed by atoms with E-state index in [1.165, 1.54) is 0 Å². The monoisotopic (exact) mass is 243 g/mol. The Morgan fingerprint density at radius 1 is 1.35 bits per heavy atom. The average Bonchev–Trinajstić information content (AvgIpc) is 2.28. The third-order valence-electron chi connectivity index (χ3n) is 3.06. The molecule has 3 unspecified atom stereocenters. The van der Waals surface area contributed by atoms with Gasteiger partial charge < -0.3 is 14.8 Å². The third-order valence-corrected chi connectivity index (χ3v) is 3.06.